The number of alkyl halides is 3. The number of hydrogen-bond acceptors (Lipinski definition) is 6. The summed E-state index contributed by atoms with van der Waals surface area (Å²) in [6.45, 7) is 4.81. The first-order chi connectivity index (χ1) is 13.3. The molecule has 0 aromatic heterocycles. The molecule has 0 saturated carbocycles. The highest BCUT2D eigenvalue weighted by Crippen LogP contribution is 2.40. The number of hydrogen-bond donors (Lipinski definition) is 2. The molecule has 170 valence electrons. The van der Waals surface area contributed by atoms with Crippen molar-refractivity contribution in [2.24, 2.45) is 0 Å². The minimum absolute atomic E-state index is 0.0335. The van der Waals surface area contributed by atoms with Crippen LogP contribution in [-0.2, 0) is 19.6 Å². The molecule has 30 heavy (non-hydrogen) atoms. The average molecular weight is 650 g/mol. The zero-order valence-corrected chi connectivity index (χ0v) is 21.0. The van der Waals surface area contributed by atoms with Gasteiger partial charge in [0, 0.05) is 8.95 Å². The lowest BCUT2D eigenvalue weighted by Crippen LogP contribution is -2.39. The average Bonchev–Trinajstić information content (AvgIpc) is 2.46. The van der Waals surface area contributed by atoms with E-state index < -0.39 is 51.4 Å². The van der Waals surface area contributed by atoms with Gasteiger partial charge < -0.3 is 9.47 Å². The molecule has 1 amide bonds. The summed E-state index contributed by atoms with van der Waals surface area (Å²) in [5.41, 5.74) is -1.39. The number of rotatable bonds is 5. The minimum Gasteiger partial charge on any atom is -0.448 e. The fourth-order valence-corrected chi connectivity index (χ4v) is 5.15. The number of esters is 1. The SMILES string of the molecule is CC(C)(C)OC(=O)Nc1c(Br)cc(Br)c(C(=O)OC(CS(=O)(=O)O)C(F)(F)F)c1Br. The van der Waals surface area contributed by atoms with Crippen LogP contribution in [0.5, 0.6) is 0 Å². The lowest BCUT2D eigenvalue weighted by molar-refractivity contribution is -0.197. The third-order valence-corrected chi connectivity index (χ3v) is 5.74. The van der Waals surface area contributed by atoms with Crippen LogP contribution >= 0.6 is 47.8 Å². The smallest absolute Gasteiger partial charge is 0.426 e. The summed E-state index contributed by atoms with van der Waals surface area (Å²) in [6.07, 6.45) is -9.30. The van der Waals surface area contributed by atoms with Crippen LogP contribution in [0, 0.1) is 0 Å². The Kier molecular flexibility index (Phi) is 8.78. The molecule has 8 nitrogen and oxygen atoms in total. The van der Waals surface area contributed by atoms with Crippen molar-refractivity contribution in [2.45, 2.75) is 38.7 Å². The van der Waals surface area contributed by atoms with Gasteiger partial charge in [-0.3, -0.25) is 9.87 Å². The van der Waals surface area contributed by atoms with E-state index in [2.05, 4.69) is 57.8 Å². The van der Waals surface area contributed by atoms with Gasteiger partial charge in [0.25, 0.3) is 10.1 Å². The van der Waals surface area contributed by atoms with Crippen molar-refractivity contribution < 1.29 is 45.2 Å². The second kappa shape index (κ2) is 9.71. The van der Waals surface area contributed by atoms with E-state index in [0.29, 0.717) is 0 Å². The molecule has 1 aromatic rings. The third-order valence-electron chi connectivity index (χ3n) is 2.98. The van der Waals surface area contributed by atoms with Crippen LogP contribution in [0.15, 0.2) is 19.5 Å². The second-order valence-electron chi connectivity index (χ2n) is 6.72. The molecule has 0 heterocycles. The summed E-state index contributed by atoms with van der Waals surface area (Å²) in [7, 11) is -5.10. The van der Waals surface area contributed by atoms with Gasteiger partial charge in [-0.1, -0.05) is 0 Å². The maximum Gasteiger partial charge on any atom is 0.426 e. The fraction of sp³-hybridized carbons (Fsp3) is 0.467. The lowest BCUT2D eigenvalue weighted by atomic mass is 10.2. The molecule has 0 spiro atoms. The van der Waals surface area contributed by atoms with E-state index in [0.717, 1.165) is 0 Å². The highest BCUT2D eigenvalue weighted by Gasteiger charge is 2.46. The Balaban J connectivity index is 3.31. The van der Waals surface area contributed by atoms with Crippen molar-refractivity contribution in [3.8, 4) is 0 Å². The molecule has 0 fully saturated rings. The zero-order valence-electron chi connectivity index (χ0n) is 15.4. The van der Waals surface area contributed by atoms with E-state index in [-0.39, 0.29) is 19.1 Å². The van der Waals surface area contributed by atoms with Crippen LogP contribution < -0.4 is 5.32 Å². The van der Waals surface area contributed by atoms with Gasteiger partial charge in [0.1, 0.15) is 11.4 Å². The van der Waals surface area contributed by atoms with E-state index in [9.17, 15) is 31.2 Å². The van der Waals surface area contributed by atoms with Gasteiger partial charge in [-0.05, 0) is 74.6 Å². The number of benzene rings is 1. The molecule has 15 heteroatoms. The summed E-state index contributed by atoms with van der Waals surface area (Å²) in [5, 5.41) is 2.34. The second-order valence-corrected chi connectivity index (χ2v) is 10.7. The topological polar surface area (TPSA) is 119 Å². The summed E-state index contributed by atoms with van der Waals surface area (Å²) in [5.74, 6) is -3.45. The van der Waals surface area contributed by atoms with E-state index >= 15 is 0 Å². The number of nitrogens with one attached hydrogen (secondary N) is 1. The monoisotopic (exact) mass is 647 g/mol. The Bertz CT molecular complexity index is 946. The molecule has 0 aliphatic carbocycles. The first kappa shape index (κ1) is 27.1. The Labute approximate surface area is 195 Å². The molecule has 1 atom stereocenters. The van der Waals surface area contributed by atoms with Gasteiger partial charge in [-0.15, -0.1) is 0 Å². The Morgan fingerprint density at radius 3 is 2.13 bits per heavy atom. The highest BCUT2D eigenvalue weighted by molar-refractivity contribution is 9.11. The normalized spacial score (nSPS) is 13.5. The maximum absolute atomic E-state index is 13.0. The third kappa shape index (κ3) is 8.32. The molecule has 1 rings (SSSR count). The van der Waals surface area contributed by atoms with Gasteiger partial charge in [-0.25, -0.2) is 9.59 Å². The molecule has 2 N–H and O–H groups in total. The maximum atomic E-state index is 13.0. The van der Waals surface area contributed by atoms with E-state index in [1.807, 2.05) is 0 Å². The Morgan fingerprint density at radius 1 is 1.17 bits per heavy atom. The van der Waals surface area contributed by atoms with E-state index in [1.54, 1.807) is 20.8 Å². The zero-order chi connectivity index (χ0) is 23.7. The predicted molar refractivity (Wildman–Crippen MR) is 111 cm³/mol. The molecule has 1 unspecified atom stereocenters. The molecule has 0 radical (unpaired) electrons. The largest absolute Gasteiger partial charge is 0.448 e. The van der Waals surface area contributed by atoms with Crippen molar-refractivity contribution >= 4 is 75.7 Å². The van der Waals surface area contributed by atoms with Crippen LogP contribution in [0.2, 0.25) is 0 Å². The Morgan fingerprint density at radius 2 is 1.70 bits per heavy atom. The van der Waals surface area contributed by atoms with E-state index in [1.165, 1.54) is 6.07 Å². The summed E-state index contributed by atoms with van der Waals surface area (Å²) >= 11 is 9.15. The van der Waals surface area contributed by atoms with Gasteiger partial charge in [-0.2, -0.15) is 21.6 Å². The molecule has 0 saturated heterocycles. The van der Waals surface area contributed by atoms with E-state index in [4.69, 9.17) is 9.29 Å². The van der Waals surface area contributed by atoms with Crippen LogP contribution in [0.1, 0.15) is 31.1 Å². The van der Waals surface area contributed by atoms with Crippen molar-refractivity contribution in [2.75, 3.05) is 11.1 Å². The van der Waals surface area contributed by atoms with Crippen LogP contribution in [0.3, 0.4) is 0 Å². The molecule has 1 aromatic carbocycles. The molecular weight excluding hydrogens is 635 g/mol. The van der Waals surface area contributed by atoms with Gasteiger partial charge in [0.2, 0.25) is 6.10 Å². The first-order valence-corrected chi connectivity index (χ1v) is 11.7. The number of halogens is 6. The molecule has 0 aliphatic heterocycles. The summed E-state index contributed by atoms with van der Waals surface area (Å²) in [6, 6.07) is 1.25. The van der Waals surface area contributed by atoms with Gasteiger partial charge in [0.15, 0.2) is 0 Å². The van der Waals surface area contributed by atoms with Crippen LogP contribution in [0.4, 0.5) is 23.7 Å². The first-order valence-electron chi connectivity index (χ1n) is 7.72. The predicted octanol–water partition coefficient (Wildman–Crippen LogP) is 5.30. The molecule has 0 aliphatic rings. The number of anilines is 1. The Hall–Kier alpha value is -0.900. The number of carbonyl (C=O) groups is 2. The molecule has 0 bridgehead atoms. The van der Waals surface area contributed by atoms with Crippen molar-refractivity contribution in [1.82, 2.24) is 0 Å². The van der Waals surface area contributed by atoms with Gasteiger partial charge >= 0.3 is 18.2 Å². The fourth-order valence-electron chi connectivity index (χ4n) is 1.87. The summed E-state index contributed by atoms with van der Waals surface area (Å²) < 4.78 is 78.9. The van der Waals surface area contributed by atoms with Crippen molar-refractivity contribution in [3.63, 3.8) is 0 Å². The summed E-state index contributed by atoms with van der Waals surface area (Å²) in [4.78, 5) is 24.4. The minimum atomic E-state index is -5.27. The quantitative estimate of drug-likeness (QED) is 0.328. The van der Waals surface area contributed by atoms with Crippen LogP contribution in [-0.4, -0.2) is 48.7 Å². The van der Waals surface area contributed by atoms with Crippen molar-refractivity contribution in [3.05, 3.63) is 25.0 Å². The number of carbonyl (C=O) groups excluding carboxylic acids is 2. The van der Waals surface area contributed by atoms with Crippen LogP contribution in [0.25, 0.3) is 0 Å². The standard InChI is InChI=1S/C15H15Br3F3NO7S/c1-14(2,3)29-13(24)22-11-7(17)4-6(16)9(10(11)18)12(23)28-8(15(19,20)21)5-30(25,26)27/h4,8H,5H2,1-3H3,(H,22,24)(H,25,26,27). The molecular formula is C15H15Br3F3NO7S. The number of amides is 1. The highest BCUT2D eigenvalue weighted by atomic mass is 79.9. The number of ether oxygens (including phenoxy) is 2. The van der Waals surface area contributed by atoms with Crippen molar-refractivity contribution in [1.29, 1.82) is 0 Å². The van der Waals surface area contributed by atoms with Gasteiger partial charge in [0.05, 0.1) is 15.7 Å². The lowest BCUT2D eigenvalue weighted by Gasteiger charge is -2.22.